The van der Waals surface area contributed by atoms with E-state index in [1.807, 2.05) is 0 Å². The number of alkyl halides is 4. The standard InChI is InChI=1S/C19H21F4N5O2/c1-11(12-5-6-15(24-9-12)19(21,22)23)28-18(30)27-14(3-2-4-16(27)25-28)17(29)26-8-7-13(20)10-26/h5-6,9,11,13-14H,2-4,7-8,10H2,1H3/t11?,13-,14-/m0/s1. The molecule has 1 unspecified atom stereocenters. The van der Waals surface area contributed by atoms with E-state index in [4.69, 9.17) is 0 Å². The second-order valence-electron chi connectivity index (χ2n) is 7.74. The Labute approximate surface area is 169 Å². The number of rotatable bonds is 3. The van der Waals surface area contributed by atoms with Gasteiger partial charge in [-0.1, -0.05) is 6.07 Å². The molecule has 0 radical (unpaired) electrons. The highest BCUT2D eigenvalue weighted by atomic mass is 19.4. The van der Waals surface area contributed by atoms with Crippen molar-refractivity contribution in [3.05, 3.63) is 45.9 Å². The second-order valence-corrected chi connectivity index (χ2v) is 7.74. The van der Waals surface area contributed by atoms with E-state index < -0.39 is 35.8 Å². The number of carbonyl (C=O) groups excluding carboxylic acids is 1. The fourth-order valence-corrected chi connectivity index (χ4v) is 4.08. The van der Waals surface area contributed by atoms with Crippen molar-refractivity contribution < 1.29 is 22.4 Å². The van der Waals surface area contributed by atoms with Gasteiger partial charge < -0.3 is 4.90 Å². The van der Waals surface area contributed by atoms with Crippen LogP contribution in [-0.4, -0.2) is 49.4 Å². The van der Waals surface area contributed by atoms with Crippen molar-refractivity contribution in [2.45, 2.75) is 57.0 Å². The van der Waals surface area contributed by atoms with Crippen molar-refractivity contribution in [1.82, 2.24) is 24.2 Å². The highest BCUT2D eigenvalue weighted by Gasteiger charge is 2.37. The zero-order chi connectivity index (χ0) is 21.6. The van der Waals surface area contributed by atoms with Gasteiger partial charge >= 0.3 is 11.9 Å². The highest BCUT2D eigenvalue weighted by molar-refractivity contribution is 5.81. The van der Waals surface area contributed by atoms with Gasteiger partial charge in [0.15, 0.2) is 0 Å². The normalized spacial score (nSPS) is 22.8. The number of fused-ring (bicyclic) bond motifs is 1. The minimum absolute atomic E-state index is 0.0289. The number of hydrogen-bond acceptors (Lipinski definition) is 4. The van der Waals surface area contributed by atoms with E-state index in [1.54, 1.807) is 6.92 Å². The zero-order valence-corrected chi connectivity index (χ0v) is 16.3. The van der Waals surface area contributed by atoms with Crippen LogP contribution in [0.3, 0.4) is 0 Å². The molecule has 0 saturated carbocycles. The van der Waals surface area contributed by atoms with Crippen LogP contribution in [0.1, 0.15) is 55.4 Å². The van der Waals surface area contributed by atoms with E-state index in [-0.39, 0.29) is 18.9 Å². The van der Waals surface area contributed by atoms with Crippen LogP contribution in [0.5, 0.6) is 0 Å². The molecule has 2 aliphatic rings. The molecule has 30 heavy (non-hydrogen) atoms. The molecule has 4 rings (SSSR count). The second kappa shape index (κ2) is 7.51. The monoisotopic (exact) mass is 427 g/mol. The van der Waals surface area contributed by atoms with Gasteiger partial charge in [0.25, 0.3) is 0 Å². The van der Waals surface area contributed by atoms with Gasteiger partial charge in [-0.25, -0.2) is 13.9 Å². The molecular formula is C19H21F4N5O2. The fraction of sp³-hybridized carbons (Fsp3) is 0.579. The molecule has 7 nitrogen and oxygen atoms in total. The number of carbonyl (C=O) groups is 1. The van der Waals surface area contributed by atoms with Gasteiger partial charge in [0, 0.05) is 19.2 Å². The molecule has 0 aliphatic carbocycles. The molecule has 3 atom stereocenters. The van der Waals surface area contributed by atoms with Gasteiger partial charge in [-0.15, -0.1) is 0 Å². The Morgan fingerprint density at radius 2 is 2.03 bits per heavy atom. The summed E-state index contributed by atoms with van der Waals surface area (Å²) < 4.78 is 54.3. The molecule has 0 aromatic carbocycles. The van der Waals surface area contributed by atoms with Gasteiger partial charge in [0.1, 0.15) is 23.7 Å². The molecule has 11 heteroatoms. The SMILES string of the molecule is CC(c1ccc(C(F)(F)F)nc1)n1nc2n(c1=O)[C@H](C(=O)N1CC[C@H](F)C1)CCC2. The molecule has 4 heterocycles. The van der Waals surface area contributed by atoms with Gasteiger partial charge in [0.05, 0.1) is 12.6 Å². The van der Waals surface area contributed by atoms with Gasteiger partial charge in [0.2, 0.25) is 5.91 Å². The molecule has 0 bridgehead atoms. The third-order valence-corrected chi connectivity index (χ3v) is 5.75. The number of aromatic nitrogens is 4. The molecule has 1 amide bonds. The fourth-order valence-electron chi connectivity index (χ4n) is 4.08. The minimum atomic E-state index is -4.55. The summed E-state index contributed by atoms with van der Waals surface area (Å²) in [4.78, 5) is 30.8. The summed E-state index contributed by atoms with van der Waals surface area (Å²) in [6.45, 7) is 1.99. The lowest BCUT2D eigenvalue weighted by atomic mass is 10.0. The maximum absolute atomic E-state index is 13.5. The average Bonchev–Trinajstić information content (AvgIpc) is 3.30. The summed E-state index contributed by atoms with van der Waals surface area (Å²) in [6, 6.07) is 0.723. The quantitative estimate of drug-likeness (QED) is 0.706. The molecule has 1 fully saturated rings. The highest BCUT2D eigenvalue weighted by Crippen LogP contribution is 2.29. The Morgan fingerprint density at radius 1 is 1.27 bits per heavy atom. The smallest absolute Gasteiger partial charge is 0.338 e. The van der Waals surface area contributed by atoms with Crippen LogP contribution >= 0.6 is 0 Å². The van der Waals surface area contributed by atoms with E-state index in [2.05, 4.69) is 10.1 Å². The van der Waals surface area contributed by atoms with Crippen molar-refractivity contribution in [1.29, 1.82) is 0 Å². The average molecular weight is 427 g/mol. The molecule has 2 aromatic heterocycles. The van der Waals surface area contributed by atoms with Crippen LogP contribution in [0.15, 0.2) is 23.1 Å². The van der Waals surface area contributed by atoms with E-state index in [1.165, 1.54) is 20.2 Å². The van der Waals surface area contributed by atoms with E-state index >= 15 is 0 Å². The lowest BCUT2D eigenvalue weighted by Crippen LogP contribution is -2.42. The van der Waals surface area contributed by atoms with Crippen molar-refractivity contribution in [3.63, 3.8) is 0 Å². The summed E-state index contributed by atoms with van der Waals surface area (Å²) in [5, 5.41) is 4.34. The number of hydrogen-bond donors (Lipinski definition) is 0. The van der Waals surface area contributed by atoms with Crippen molar-refractivity contribution >= 4 is 5.91 Å². The van der Waals surface area contributed by atoms with Crippen LogP contribution in [0.25, 0.3) is 0 Å². The summed E-state index contributed by atoms with van der Waals surface area (Å²) in [5.41, 5.74) is -1.13. The predicted octanol–water partition coefficient (Wildman–Crippen LogP) is 2.52. The van der Waals surface area contributed by atoms with Crippen LogP contribution in [0.2, 0.25) is 0 Å². The minimum Gasteiger partial charge on any atom is -0.338 e. The first kappa shape index (κ1) is 20.5. The molecule has 162 valence electrons. The van der Waals surface area contributed by atoms with Crippen molar-refractivity contribution in [3.8, 4) is 0 Å². The molecule has 0 spiro atoms. The number of amides is 1. The Kier molecular flexibility index (Phi) is 5.15. The van der Waals surface area contributed by atoms with E-state index in [9.17, 15) is 27.2 Å². The van der Waals surface area contributed by atoms with Crippen LogP contribution in [-0.2, 0) is 17.4 Å². The number of pyridine rings is 1. The summed E-state index contributed by atoms with van der Waals surface area (Å²) in [6.07, 6.45) is -2.60. The molecule has 2 aliphatic heterocycles. The summed E-state index contributed by atoms with van der Waals surface area (Å²) >= 11 is 0. The number of halogens is 4. The first-order chi connectivity index (χ1) is 14.2. The lowest BCUT2D eigenvalue weighted by molar-refractivity contribution is -0.141. The molecule has 0 N–H and O–H groups in total. The van der Waals surface area contributed by atoms with E-state index in [0.29, 0.717) is 37.2 Å². The van der Waals surface area contributed by atoms with Crippen LogP contribution in [0, 0.1) is 0 Å². The maximum atomic E-state index is 13.5. The predicted molar refractivity (Wildman–Crippen MR) is 97.6 cm³/mol. The Hall–Kier alpha value is -2.72. The zero-order valence-electron chi connectivity index (χ0n) is 16.3. The first-order valence-corrected chi connectivity index (χ1v) is 9.82. The summed E-state index contributed by atoms with van der Waals surface area (Å²) in [5.74, 6) is 0.161. The Bertz CT molecular complexity index is 998. The largest absolute Gasteiger partial charge is 0.433 e. The topological polar surface area (TPSA) is 73.0 Å². The first-order valence-electron chi connectivity index (χ1n) is 9.82. The summed E-state index contributed by atoms with van der Waals surface area (Å²) in [7, 11) is 0. The Morgan fingerprint density at radius 3 is 2.63 bits per heavy atom. The molecule has 2 aromatic rings. The van der Waals surface area contributed by atoms with Gasteiger partial charge in [-0.2, -0.15) is 18.3 Å². The maximum Gasteiger partial charge on any atom is 0.433 e. The number of nitrogens with zero attached hydrogens (tertiary/aromatic N) is 5. The third-order valence-electron chi connectivity index (χ3n) is 5.75. The number of likely N-dealkylation sites (tertiary alicyclic amines) is 1. The van der Waals surface area contributed by atoms with Crippen LogP contribution < -0.4 is 5.69 Å². The van der Waals surface area contributed by atoms with Crippen LogP contribution in [0.4, 0.5) is 17.6 Å². The Balaban J connectivity index is 1.63. The van der Waals surface area contributed by atoms with Crippen molar-refractivity contribution in [2.24, 2.45) is 0 Å². The van der Waals surface area contributed by atoms with Crippen molar-refractivity contribution in [2.75, 3.05) is 13.1 Å². The van der Waals surface area contributed by atoms with Gasteiger partial charge in [-0.05, 0) is 37.8 Å². The lowest BCUT2D eigenvalue weighted by Gasteiger charge is -2.27. The van der Waals surface area contributed by atoms with E-state index in [0.717, 1.165) is 12.3 Å². The third kappa shape index (κ3) is 3.61. The molecular weight excluding hydrogens is 406 g/mol. The van der Waals surface area contributed by atoms with Gasteiger partial charge in [-0.3, -0.25) is 14.3 Å². The number of aryl methyl sites for hydroxylation is 1. The molecule has 1 saturated heterocycles.